The molecule has 0 atom stereocenters. The molecule has 33 heavy (non-hydrogen) atoms. The zero-order chi connectivity index (χ0) is 23.8. The van der Waals surface area contributed by atoms with Gasteiger partial charge in [0.1, 0.15) is 17.2 Å². The van der Waals surface area contributed by atoms with Crippen molar-refractivity contribution in [1.29, 1.82) is 0 Å². The molecular formula is C24H16ClF3N2O3. The van der Waals surface area contributed by atoms with Gasteiger partial charge in [0, 0.05) is 11.6 Å². The molecule has 0 aliphatic rings. The molecule has 0 unspecified atom stereocenters. The number of fused-ring (bicyclic) bond motifs is 1. The monoisotopic (exact) mass is 472 g/mol. The van der Waals surface area contributed by atoms with E-state index < -0.39 is 12.1 Å². The van der Waals surface area contributed by atoms with E-state index in [-0.39, 0.29) is 10.8 Å². The number of ether oxygens (including phenoxy) is 3. The zero-order valence-corrected chi connectivity index (χ0v) is 18.2. The van der Waals surface area contributed by atoms with Gasteiger partial charge in [-0.3, -0.25) is 4.57 Å². The van der Waals surface area contributed by atoms with Gasteiger partial charge in [0.15, 0.2) is 5.82 Å². The summed E-state index contributed by atoms with van der Waals surface area (Å²) in [7, 11) is 3.13. The van der Waals surface area contributed by atoms with Crippen molar-refractivity contribution in [2.75, 3.05) is 14.2 Å². The number of halogens is 4. The number of aromatic nitrogens is 2. The second-order valence-electron chi connectivity index (χ2n) is 6.85. The van der Waals surface area contributed by atoms with Crippen LogP contribution in [0.4, 0.5) is 13.2 Å². The van der Waals surface area contributed by atoms with E-state index in [9.17, 15) is 13.2 Å². The summed E-state index contributed by atoms with van der Waals surface area (Å²) in [5.74, 6) is 3.52. The maximum atomic E-state index is 12.6. The normalized spacial score (nSPS) is 11.3. The molecule has 4 aromatic rings. The molecule has 9 heteroatoms. The van der Waals surface area contributed by atoms with Crippen LogP contribution >= 0.6 is 11.6 Å². The summed E-state index contributed by atoms with van der Waals surface area (Å²) in [6, 6.07) is 14.9. The van der Waals surface area contributed by atoms with Gasteiger partial charge in [0.25, 0.3) is 0 Å². The molecule has 1 heterocycles. The van der Waals surface area contributed by atoms with E-state index in [1.54, 1.807) is 30.9 Å². The van der Waals surface area contributed by atoms with Crippen molar-refractivity contribution >= 4 is 22.6 Å². The third kappa shape index (κ3) is 4.41. The first-order chi connectivity index (χ1) is 15.7. The summed E-state index contributed by atoms with van der Waals surface area (Å²) >= 11 is 6.06. The molecule has 0 aliphatic carbocycles. The van der Waals surface area contributed by atoms with Gasteiger partial charge in [0.2, 0.25) is 0 Å². The molecule has 0 spiro atoms. The number of imidazole rings is 1. The Balaban J connectivity index is 1.87. The lowest BCUT2D eigenvalue weighted by molar-refractivity contribution is -0.274. The van der Waals surface area contributed by atoms with Gasteiger partial charge in [-0.15, -0.1) is 19.6 Å². The Morgan fingerprint density at radius 1 is 0.970 bits per heavy atom. The van der Waals surface area contributed by atoms with E-state index in [0.29, 0.717) is 28.2 Å². The number of nitrogens with zero attached hydrogens (tertiary/aromatic N) is 2. The van der Waals surface area contributed by atoms with E-state index in [1.165, 1.54) is 12.1 Å². The Bertz CT molecular complexity index is 1390. The second kappa shape index (κ2) is 8.60. The quantitative estimate of drug-likeness (QED) is 0.322. The molecule has 168 valence electrons. The van der Waals surface area contributed by atoms with E-state index in [2.05, 4.69) is 15.6 Å². The Kier molecular flexibility index (Phi) is 5.83. The van der Waals surface area contributed by atoms with Gasteiger partial charge < -0.3 is 14.2 Å². The largest absolute Gasteiger partial charge is 0.573 e. The van der Waals surface area contributed by atoms with Crippen LogP contribution in [0.2, 0.25) is 5.02 Å². The van der Waals surface area contributed by atoms with Crippen LogP contribution in [0.5, 0.6) is 17.2 Å². The van der Waals surface area contributed by atoms with Gasteiger partial charge in [-0.2, -0.15) is 0 Å². The molecule has 4 rings (SSSR count). The van der Waals surface area contributed by atoms with Crippen LogP contribution in [0.25, 0.3) is 27.8 Å². The summed E-state index contributed by atoms with van der Waals surface area (Å²) in [5, 5.41) is -0.220. The summed E-state index contributed by atoms with van der Waals surface area (Å²) in [4.78, 5) is 4.45. The van der Waals surface area contributed by atoms with Gasteiger partial charge in [-0.25, -0.2) is 4.98 Å². The van der Waals surface area contributed by atoms with Crippen molar-refractivity contribution in [1.82, 2.24) is 9.55 Å². The third-order valence-electron chi connectivity index (χ3n) is 4.90. The predicted octanol–water partition coefficient (Wildman–Crippen LogP) is 6.24. The van der Waals surface area contributed by atoms with Gasteiger partial charge in [0.05, 0.1) is 36.0 Å². The molecule has 0 radical (unpaired) electrons. The molecule has 3 aromatic carbocycles. The van der Waals surface area contributed by atoms with Crippen LogP contribution in [0, 0.1) is 12.3 Å². The average Bonchev–Trinajstić information content (AvgIpc) is 3.17. The maximum absolute atomic E-state index is 12.6. The Labute approximate surface area is 192 Å². The number of hydrogen-bond donors (Lipinski definition) is 0. The fourth-order valence-corrected chi connectivity index (χ4v) is 3.69. The van der Waals surface area contributed by atoms with Crippen LogP contribution in [0.15, 0.2) is 54.6 Å². The minimum Gasteiger partial charge on any atom is -0.497 e. The molecule has 0 fully saturated rings. The maximum Gasteiger partial charge on any atom is 0.573 e. The summed E-state index contributed by atoms with van der Waals surface area (Å²) < 4.78 is 54.1. The molecule has 0 saturated carbocycles. The number of alkyl halides is 3. The first-order valence-corrected chi connectivity index (χ1v) is 9.89. The Morgan fingerprint density at radius 2 is 1.76 bits per heavy atom. The fourth-order valence-electron chi connectivity index (χ4n) is 3.47. The van der Waals surface area contributed by atoms with Crippen molar-refractivity contribution in [3.63, 3.8) is 0 Å². The first-order valence-electron chi connectivity index (χ1n) is 9.51. The molecule has 0 aliphatic heterocycles. The van der Waals surface area contributed by atoms with E-state index >= 15 is 0 Å². The highest BCUT2D eigenvalue weighted by atomic mass is 35.5. The smallest absolute Gasteiger partial charge is 0.497 e. The summed E-state index contributed by atoms with van der Waals surface area (Å²) in [5.41, 5.74) is 3.30. The van der Waals surface area contributed by atoms with Crippen molar-refractivity contribution in [3.8, 4) is 46.4 Å². The number of hydrogen-bond acceptors (Lipinski definition) is 4. The molecule has 0 saturated heterocycles. The molecule has 0 bridgehead atoms. The third-order valence-corrected chi connectivity index (χ3v) is 5.20. The van der Waals surface area contributed by atoms with E-state index in [0.717, 1.165) is 17.2 Å². The highest BCUT2D eigenvalue weighted by molar-refractivity contribution is 6.32. The fraction of sp³-hybridized carbons (Fsp3) is 0.125. The van der Waals surface area contributed by atoms with Crippen molar-refractivity contribution in [2.24, 2.45) is 0 Å². The minimum atomic E-state index is -4.86. The minimum absolute atomic E-state index is 0.220. The summed E-state index contributed by atoms with van der Waals surface area (Å²) in [6.45, 7) is 0. The van der Waals surface area contributed by atoms with Crippen LogP contribution in [0.3, 0.4) is 0 Å². The SMILES string of the molecule is C#Cc1nc2ccc(-c3ccc(OC)cc3OC)cc2n1-c1ccc(OC(F)(F)F)c(Cl)c1. The van der Waals surface area contributed by atoms with E-state index in [1.807, 2.05) is 24.3 Å². The number of benzene rings is 3. The number of rotatable bonds is 5. The molecule has 5 nitrogen and oxygen atoms in total. The molecule has 1 aromatic heterocycles. The van der Waals surface area contributed by atoms with Crippen molar-refractivity contribution < 1.29 is 27.4 Å². The molecule has 0 amide bonds. The lowest BCUT2D eigenvalue weighted by Crippen LogP contribution is -2.17. The predicted molar refractivity (Wildman–Crippen MR) is 119 cm³/mol. The molecule has 0 N–H and O–H groups in total. The topological polar surface area (TPSA) is 45.5 Å². The highest BCUT2D eigenvalue weighted by Gasteiger charge is 2.32. The standard InChI is InChI=1S/C24H16ClF3N2O3/c1-4-23-29-19-9-5-14(17-8-7-16(31-2)13-22(17)32-3)11-20(19)30(23)15-6-10-21(18(25)12-15)33-24(26,27)28/h1,5-13H,2-3H3. The van der Waals surface area contributed by atoms with Crippen molar-refractivity contribution in [2.45, 2.75) is 6.36 Å². The van der Waals surface area contributed by atoms with Gasteiger partial charge in [-0.05, 0) is 53.9 Å². The van der Waals surface area contributed by atoms with Crippen LogP contribution < -0.4 is 14.2 Å². The van der Waals surface area contributed by atoms with E-state index in [4.69, 9.17) is 27.5 Å². The van der Waals surface area contributed by atoms with Crippen LogP contribution in [0.1, 0.15) is 5.82 Å². The average molecular weight is 473 g/mol. The van der Waals surface area contributed by atoms with Gasteiger partial charge in [-0.1, -0.05) is 17.7 Å². The van der Waals surface area contributed by atoms with Crippen molar-refractivity contribution in [3.05, 3.63) is 65.4 Å². The summed E-state index contributed by atoms with van der Waals surface area (Å²) in [6.07, 6.45) is 0.798. The Morgan fingerprint density at radius 3 is 2.39 bits per heavy atom. The lowest BCUT2D eigenvalue weighted by atomic mass is 10.0. The highest BCUT2D eigenvalue weighted by Crippen LogP contribution is 2.37. The molecular weight excluding hydrogens is 457 g/mol. The van der Waals surface area contributed by atoms with Crippen LogP contribution in [-0.2, 0) is 0 Å². The lowest BCUT2D eigenvalue weighted by Gasteiger charge is -2.13. The zero-order valence-electron chi connectivity index (χ0n) is 17.4. The number of methoxy groups -OCH3 is 2. The van der Waals surface area contributed by atoms with Crippen LogP contribution in [-0.4, -0.2) is 30.1 Å². The second-order valence-corrected chi connectivity index (χ2v) is 7.25. The number of terminal acetylenes is 1. The Hall–Kier alpha value is -3.83. The van der Waals surface area contributed by atoms with Gasteiger partial charge >= 0.3 is 6.36 Å². The first kappa shape index (κ1) is 22.4.